The molecule has 2 aromatic carbocycles. The van der Waals surface area contributed by atoms with E-state index in [0.717, 1.165) is 16.5 Å². The second-order valence-corrected chi connectivity index (χ2v) is 9.20. The fourth-order valence-electron chi connectivity index (χ4n) is 3.16. The number of nitrogens with one attached hydrogen (secondary N) is 1. The third-order valence-corrected chi connectivity index (χ3v) is 6.70. The van der Waals surface area contributed by atoms with Crippen LogP contribution in [-0.4, -0.2) is 38.5 Å². The van der Waals surface area contributed by atoms with E-state index in [1.807, 2.05) is 61.1 Å². The quantitative estimate of drug-likeness (QED) is 0.647. The van der Waals surface area contributed by atoms with Crippen LogP contribution in [0.3, 0.4) is 0 Å². The molecule has 1 aromatic heterocycles. The molecular formula is C19H21Cl2N3O2S. The molecule has 0 amide bonds. The zero-order valence-electron chi connectivity index (χ0n) is 15.3. The largest absolute Gasteiger partial charge is 0.350 e. The van der Waals surface area contributed by atoms with Crippen molar-refractivity contribution in [2.24, 2.45) is 7.05 Å². The van der Waals surface area contributed by atoms with Crippen LogP contribution in [-0.2, 0) is 17.1 Å². The number of hydrogen-bond donors (Lipinski definition) is 1. The van der Waals surface area contributed by atoms with E-state index in [2.05, 4.69) is 4.72 Å². The van der Waals surface area contributed by atoms with Gasteiger partial charge in [-0.3, -0.25) is 0 Å². The molecule has 27 heavy (non-hydrogen) atoms. The number of hydrogen-bond acceptors (Lipinski definition) is 3. The van der Waals surface area contributed by atoms with Gasteiger partial charge in [0.05, 0.1) is 5.02 Å². The Kier molecular flexibility index (Phi) is 5.84. The number of para-hydroxylation sites is 1. The van der Waals surface area contributed by atoms with Gasteiger partial charge in [-0.25, -0.2) is 13.1 Å². The number of rotatable bonds is 6. The Hall–Kier alpha value is -1.57. The molecule has 3 rings (SSSR count). The predicted octanol–water partition coefficient (Wildman–Crippen LogP) is 4.07. The molecule has 1 unspecified atom stereocenters. The standard InChI is InChI=1S/C19H21Cl2N3O2S/c1-23(2)18(15-12-24(3)17-7-5-4-6-14(15)17)11-22-27(25,26)19-10-13(20)8-9-16(19)21/h4-10,12,18,22H,11H2,1-3H3. The van der Waals surface area contributed by atoms with E-state index in [1.54, 1.807) is 6.07 Å². The van der Waals surface area contributed by atoms with Gasteiger partial charge in [0.25, 0.3) is 0 Å². The molecule has 144 valence electrons. The van der Waals surface area contributed by atoms with Gasteiger partial charge in [0.15, 0.2) is 0 Å². The Bertz CT molecular complexity index is 1080. The molecule has 3 aromatic rings. The summed E-state index contributed by atoms with van der Waals surface area (Å²) < 4.78 is 30.2. The maximum absolute atomic E-state index is 12.8. The third kappa shape index (κ3) is 4.15. The summed E-state index contributed by atoms with van der Waals surface area (Å²) in [5.41, 5.74) is 2.15. The van der Waals surface area contributed by atoms with Gasteiger partial charge in [0.1, 0.15) is 4.90 Å². The number of fused-ring (bicyclic) bond motifs is 1. The van der Waals surface area contributed by atoms with Crippen molar-refractivity contribution in [3.8, 4) is 0 Å². The lowest BCUT2D eigenvalue weighted by Crippen LogP contribution is -2.34. The van der Waals surface area contributed by atoms with Gasteiger partial charge in [-0.15, -0.1) is 0 Å². The monoisotopic (exact) mass is 425 g/mol. The van der Waals surface area contributed by atoms with Crippen LogP contribution in [0.1, 0.15) is 11.6 Å². The second-order valence-electron chi connectivity index (χ2n) is 6.62. The summed E-state index contributed by atoms with van der Waals surface area (Å²) in [6.45, 7) is 0.201. The minimum absolute atomic E-state index is 0.0212. The van der Waals surface area contributed by atoms with Crippen molar-refractivity contribution in [3.05, 3.63) is 64.3 Å². The molecule has 8 heteroatoms. The Morgan fingerprint density at radius 3 is 2.56 bits per heavy atom. The molecule has 0 saturated carbocycles. The first-order chi connectivity index (χ1) is 12.7. The van der Waals surface area contributed by atoms with E-state index < -0.39 is 10.0 Å². The third-order valence-electron chi connectivity index (χ3n) is 4.56. The molecule has 0 spiro atoms. The molecule has 1 N–H and O–H groups in total. The van der Waals surface area contributed by atoms with E-state index in [0.29, 0.717) is 5.02 Å². The molecular weight excluding hydrogens is 405 g/mol. The Labute approximate surface area is 169 Å². The van der Waals surface area contributed by atoms with Crippen molar-refractivity contribution in [1.82, 2.24) is 14.2 Å². The maximum atomic E-state index is 12.8. The summed E-state index contributed by atoms with van der Waals surface area (Å²) >= 11 is 12.0. The zero-order chi connectivity index (χ0) is 19.8. The molecule has 1 heterocycles. The number of likely N-dealkylation sites (N-methyl/N-ethyl adjacent to an activating group) is 1. The fraction of sp³-hybridized carbons (Fsp3) is 0.263. The van der Waals surface area contributed by atoms with Gasteiger partial charge < -0.3 is 9.47 Å². The van der Waals surface area contributed by atoms with Gasteiger partial charge in [-0.05, 0) is 43.9 Å². The van der Waals surface area contributed by atoms with E-state index in [9.17, 15) is 8.42 Å². The summed E-state index contributed by atoms with van der Waals surface area (Å²) in [6.07, 6.45) is 2.04. The minimum atomic E-state index is -3.80. The molecule has 0 aliphatic carbocycles. The molecule has 0 fully saturated rings. The topological polar surface area (TPSA) is 54.3 Å². The first kappa shape index (κ1) is 20.2. The van der Waals surface area contributed by atoms with Crippen LogP contribution in [0.4, 0.5) is 0 Å². The summed E-state index contributed by atoms with van der Waals surface area (Å²) in [7, 11) is 2.03. The Morgan fingerprint density at radius 1 is 1.15 bits per heavy atom. The lowest BCUT2D eigenvalue weighted by molar-refractivity contribution is 0.301. The van der Waals surface area contributed by atoms with Crippen molar-refractivity contribution in [3.63, 3.8) is 0 Å². The van der Waals surface area contributed by atoms with Gasteiger partial charge in [0.2, 0.25) is 10.0 Å². The van der Waals surface area contributed by atoms with E-state index in [4.69, 9.17) is 23.2 Å². The van der Waals surface area contributed by atoms with Gasteiger partial charge in [-0.2, -0.15) is 0 Å². The number of nitrogens with zero attached hydrogens (tertiary/aromatic N) is 2. The zero-order valence-corrected chi connectivity index (χ0v) is 17.6. The van der Waals surface area contributed by atoms with Crippen molar-refractivity contribution >= 4 is 44.1 Å². The summed E-state index contributed by atoms with van der Waals surface area (Å²) in [5.74, 6) is 0. The lowest BCUT2D eigenvalue weighted by Gasteiger charge is -2.24. The SMILES string of the molecule is CN(C)C(CNS(=O)(=O)c1cc(Cl)ccc1Cl)c1cn(C)c2ccccc12. The van der Waals surface area contributed by atoms with Crippen LogP contribution in [0.15, 0.2) is 53.6 Å². The number of benzene rings is 2. The highest BCUT2D eigenvalue weighted by molar-refractivity contribution is 7.89. The van der Waals surface area contributed by atoms with Crippen LogP contribution in [0.25, 0.3) is 10.9 Å². The van der Waals surface area contributed by atoms with Crippen LogP contribution < -0.4 is 4.72 Å². The average molecular weight is 426 g/mol. The maximum Gasteiger partial charge on any atom is 0.242 e. The number of aromatic nitrogens is 1. The average Bonchev–Trinajstić information content (AvgIpc) is 2.94. The Balaban J connectivity index is 1.92. The second kappa shape index (κ2) is 7.81. The number of aryl methyl sites for hydroxylation is 1. The fourth-order valence-corrected chi connectivity index (χ4v) is 4.96. The lowest BCUT2D eigenvalue weighted by atomic mass is 10.1. The van der Waals surface area contributed by atoms with Crippen LogP contribution in [0, 0.1) is 0 Å². The molecule has 0 radical (unpaired) electrons. The van der Waals surface area contributed by atoms with Crippen LogP contribution in [0.5, 0.6) is 0 Å². The predicted molar refractivity (Wildman–Crippen MR) is 111 cm³/mol. The van der Waals surface area contributed by atoms with E-state index in [1.165, 1.54) is 12.1 Å². The van der Waals surface area contributed by atoms with E-state index in [-0.39, 0.29) is 22.5 Å². The minimum Gasteiger partial charge on any atom is -0.350 e. The molecule has 5 nitrogen and oxygen atoms in total. The highest BCUT2D eigenvalue weighted by Crippen LogP contribution is 2.29. The molecule has 0 aliphatic heterocycles. The first-order valence-corrected chi connectivity index (χ1v) is 10.6. The summed E-state index contributed by atoms with van der Waals surface area (Å²) in [6, 6.07) is 12.3. The van der Waals surface area contributed by atoms with Gasteiger partial charge in [-0.1, -0.05) is 41.4 Å². The Morgan fingerprint density at radius 2 is 1.85 bits per heavy atom. The molecule has 0 aliphatic rings. The molecule has 0 saturated heterocycles. The molecule has 0 bridgehead atoms. The van der Waals surface area contributed by atoms with Crippen molar-refractivity contribution < 1.29 is 8.42 Å². The van der Waals surface area contributed by atoms with Crippen LogP contribution >= 0.6 is 23.2 Å². The highest BCUT2D eigenvalue weighted by Gasteiger charge is 2.24. The highest BCUT2D eigenvalue weighted by atomic mass is 35.5. The molecule has 1 atom stereocenters. The smallest absolute Gasteiger partial charge is 0.242 e. The number of halogens is 2. The van der Waals surface area contributed by atoms with Gasteiger partial charge >= 0.3 is 0 Å². The van der Waals surface area contributed by atoms with Crippen molar-refractivity contribution in [2.45, 2.75) is 10.9 Å². The van der Waals surface area contributed by atoms with Crippen molar-refractivity contribution in [2.75, 3.05) is 20.6 Å². The number of sulfonamides is 1. The van der Waals surface area contributed by atoms with E-state index >= 15 is 0 Å². The summed E-state index contributed by atoms with van der Waals surface area (Å²) in [4.78, 5) is 1.97. The first-order valence-electron chi connectivity index (χ1n) is 8.36. The summed E-state index contributed by atoms with van der Waals surface area (Å²) in [5, 5.41) is 1.55. The van der Waals surface area contributed by atoms with Gasteiger partial charge in [0, 0.05) is 41.8 Å². The van der Waals surface area contributed by atoms with Crippen LogP contribution in [0.2, 0.25) is 10.0 Å². The van der Waals surface area contributed by atoms with Crippen molar-refractivity contribution in [1.29, 1.82) is 0 Å². The normalized spacial score (nSPS) is 13.4.